The molecule has 10 rings (SSSR count). The van der Waals surface area contributed by atoms with Crippen molar-refractivity contribution in [2.45, 2.75) is 0 Å². The molecule has 8 heteroatoms. The second kappa shape index (κ2) is 9.92. The van der Waals surface area contributed by atoms with Gasteiger partial charge in [-0.15, -0.1) is 0 Å². The highest BCUT2D eigenvalue weighted by atomic mass is 15.2. The quantitative estimate of drug-likeness (QED) is 0.187. The summed E-state index contributed by atoms with van der Waals surface area (Å²) in [7, 11) is 0. The van der Waals surface area contributed by atoms with Crippen molar-refractivity contribution in [1.82, 2.24) is 39.5 Å². The monoisotopic (exact) mass is 602 g/mol. The fourth-order valence-corrected chi connectivity index (χ4v) is 6.76. The standard InChI is InChI=1S/C39H22N8/c1-9-27-25(17-15-23-7-3-19-40-33(23)27)29(11-1)35-44-36(30-12-2-10-28-26(30)18-16-24-8-4-20-41-34(24)28)46-39(45-35)47-37-31(13-5-21-42-37)32-14-6-22-43-38(32)47/h1-22H. The molecular weight excluding hydrogens is 580 g/mol. The van der Waals surface area contributed by atoms with Gasteiger partial charge in [-0.05, 0) is 47.2 Å². The van der Waals surface area contributed by atoms with Crippen molar-refractivity contribution in [3.8, 4) is 28.7 Å². The number of hydrogen-bond acceptors (Lipinski definition) is 7. The summed E-state index contributed by atoms with van der Waals surface area (Å²) in [4.78, 5) is 34.5. The predicted octanol–water partition coefficient (Wildman–Crippen LogP) is 8.50. The van der Waals surface area contributed by atoms with E-state index in [1.54, 1.807) is 12.4 Å². The van der Waals surface area contributed by atoms with Crippen LogP contribution in [0.25, 0.3) is 94.1 Å². The zero-order chi connectivity index (χ0) is 30.9. The van der Waals surface area contributed by atoms with Gasteiger partial charge in [-0.25, -0.2) is 19.5 Å². The van der Waals surface area contributed by atoms with Gasteiger partial charge in [-0.1, -0.05) is 72.8 Å². The molecule has 218 valence electrons. The molecule has 6 heterocycles. The maximum Gasteiger partial charge on any atom is 0.241 e. The Morgan fingerprint density at radius 2 is 0.830 bits per heavy atom. The molecule has 0 saturated heterocycles. The molecule has 0 N–H and O–H groups in total. The first-order valence-corrected chi connectivity index (χ1v) is 15.3. The van der Waals surface area contributed by atoms with Crippen LogP contribution in [0.2, 0.25) is 0 Å². The van der Waals surface area contributed by atoms with Gasteiger partial charge < -0.3 is 0 Å². The first-order chi connectivity index (χ1) is 23.3. The van der Waals surface area contributed by atoms with Crippen LogP contribution in [0.4, 0.5) is 0 Å². The summed E-state index contributed by atoms with van der Waals surface area (Å²) < 4.78 is 1.93. The van der Waals surface area contributed by atoms with Crippen molar-refractivity contribution in [3.63, 3.8) is 0 Å². The molecule has 0 aliphatic carbocycles. The van der Waals surface area contributed by atoms with Gasteiger partial charge in [0.15, 0.2) is 11.6 Å². The van der Waals surface area contributed by atoms with Gasteiger partial charge in [0.25, 0.3) is 0 Å². The van der Waals surface area contributed by atoms with Gasteiger partial charge in [-0.2, -0.15) is 9.97 Å². The summed E-state index contributed by atoms with van der Waals surface area (Å²) in [5.74, 6) is 1.53. The zero-order valence-electron chi connectivity index (χ0n) is 24.8. The molecule has 0 spiro atoms. The largest absolute Gasteiger partial charge is 0.256 e. The Labute approximate surface area is 267 Å². The second-order valence-electron chi connectivity index (χ2n) is 11.4. The highest BCUT2D eigenvalue weighted by Gasteiger charge is 2.21. The van der Waals surface area contributed by atoms with Crippen molar-refractivity contribution in [1.29, 1.82) is 0 Å². The van der Waals surface area contributed by atoms with Crippen LogP contribution in [0.15, 0.2) is 134 Å². The normalized spacial score (nSPS) is 11.8. The van der Waals surface area contributed by atoms with E-state index in [1.807, 2.05) is 53.4 Å². The maximum atomic E-state index is 5.19. The van der Waals surface area contributed by atoms with Crippen LogP contribution >= 0.6 is 0 Å². The Morgan fingerprint density at radius 3 is 1.36 bits per heavy atom. The first kappa shape index (κ1) is 25.6. The van der Waals surface area contributed by atoms with E-state index in [1.165, 1.54) is 0 Å². The minimum Gasteiger partial charge on any atom is -0.256 e. The summed E-state index contributed by atoms with van der Waals surface area (Å²) >= 11 is 0. The molecule has 6 aromatic heterocycles. The van der Waals surface area contributed by atoms with Crippen LogP contribution in [0.3, 0.4) is 0 Å². The molecule has 4 aromatic carbocycles. The summed E-state index contributed by atoms with van der Waals surface area (Å²) in [5, 5.41) is 8.19. The molecule has 47 heavy (non-hydrogen) atoms. The Bertz CT molecular complexity index is 2690. The molecule has 10 aromatic rings. The van der Waals surface area contributed by atoms with E-state index in [2.05, 4.69) is 72.8 Å². The molecule has 0 bridgehead atoms. The minimum absolute atomic E-state index is 0.439. The number of hydrogen-bond donors (Lipinski definition) is 0. The van der Waals surface area contributed by atoms with Crippen LogP contribution in [-0.2, 0) is 0 Å². The Kier molecular flexibility index (Phi) is 5.41. The van der Waals surface area contributed by atoms with Crippen LogP contribution in [0.1, 0.15) is 0 Å². The molecule has 0 aliphatic heterocycles. The molecular formula is C39H22N8. The molecule has 8 nitrogen and oxygen atoms in total. The number of aromatic nitrogens is 8. The number of rotatable bonds is 3. The van der Waals surface area contributed by atoms with Crippen LogP contribution in [0.5, 0.6) is 0 Å². The van der Waals surface area contributed by atoms with E-state index in [0.717, 1.165) is 76.5 Å². The minimum atomic E-state index is 0.439. The molecule has 0 amide bonds. The van der Waals surface area contributed by atoms with Gasteiger partial charge in [0.05, 0.1) is 11.0 Å². The summed E-state index contributed by atoms with van der Waals surface area (Å²) in [6, 6.07) is 36.9. The zero-order valence-corrected chi connectivity index (χ0v) is 24.8. The van der Waals surface area contributed by atoms with E-state index < -0.39 is 0 Å². The Morgan fingerprint density at radius 1 is 0.362 bits per heavy atom. The van der Waals surface area contributed by atoms with Crippen LogP contribution in [-0.4, -0.2) is 39.5 Å². The molecule has 0 atom stereocenters. The van der Waals surface area contributed by atoms with Gasteiger partial charge >= 0.3 is 0 Å². The van der Waals surface area contributed by atoms with Gasteiger partial charge in [0.2, 0.25) is 5.95 Å². The number of nitrogens with zero attached hydrogens (tertiary/aromatic N) is 8. The molecule has 0 saturated carbocycles. The fourth-order valence-electron chi connectivity index (χ4n) is 6.76. The van der Waals surface area contributed by atoms with Gasteiger partial charge in [0, 0.05) is 68.2 Å². The molecule has 0 unspecified atom stereocenters. The number of fused-ring (bicyclic) bond motifs is 9. The Hall–Kier alpha value is -6.67. The SMILES string of the molecule is c1cnc2c(c1)ccc1c(-c3nc(-c4cccc5c4ccc4cccnc45)nc(-n4c5ncccc5c5cccnc54)n3)cccc12. The lowest BCUT2D eigenvalue weighted by atomic mass is 10.00. The number of pyridine rings is 4. The van der Waals surface area contributed by atoms with E-state index in [4.69, 9.17) is 34.9 Å². The second-order valence-corrected chi connectivity index (χ2v) is 11.4. The van der Waals surface area contributed by atoms with E-state index in [9.17, 15) is 0 Å². The lowest BCUT2D eigenvalue weighted by Crippen LogP contribution is -2.07. The van der Waals surface area contributed by atoms with Crippen LogP contribution < -0.4 is 0 Å². The maximum absolute atomic E-state index is 5.19. The average molecular weight is 603 g/mol. The Balaban J connectivity index is 1.31. The van der Waals surface area contributed by atoms with Crippen molar-refractivity contribution in [2.75, 3.05) is 0 Å². The molecule has 0 aliphatic rings. The van der Waals surface area contributed by atoms with Crippen molar-refractivity contribution in [3.05, 3.63) is 134 Å². The predicted molar refractivity (Wildman–Crippen MR) is 186 cm³/mol. The van der Waals surface area contributed by atoms with Crippen molar-refractivity contribution < 1.29 is 0 Å². The fraction of sp³-hybridized carbons (Fsp3) is 0. The summed E-state index contributed by atoms with van der Waals surface area (Å²) in [6.45, 7) is 0. The lowest BCUT2D eigenvalue weighted by Gasteiger charge is -2.13. The van der Waals surface area contributed by atoms with E-state index >= 15 is 0 Å². The third kappa shape index (κ3) is 3.85. The lowest BCUT2D eigenvalue weighted by molar-refractivity contribution is 0.936. The highest BCUT2D eigenvalue weighted by molar-refractivity contribution is 6.11. The number of benzene rings is 4. The highest BCUT2D eigenvalue weighted by Crippen LogP contribution is 2.36. The topological polar surface area (TPSA) is 95.2 Å². The van der Waals surface area contributed by atoms with E-state index in [-0.39, 0.29) is 0 Å². The van der Waals surface area contributed by atoms with Crippen molar-refractivity contribution in [2.24, 2.45) is 0 Å². The van der Waals surface area contributed by atoms with Gasteiger partial charge in [-0.3, -0.25) is 9.97 Å². The average Bonchev–Trinajstić information content (AvgIpc) is 3.48. The molecule has 0 radical (unpaired) electrons. The third-order valence-corrected chi connectivity index (χ3v) is 8.85. The van der Waals surface area contributed by atoms with E-state index in [0.29, 0.717) is 17.6 Å². The smallest absolute Gasteiger partial charge is 0.241 e. The van der Waals surface area contributed by atoms with Gasteiger partial charge in [0.1, 0.15) is 11.3 Å². The first-order valence-electron chi connectivity index (χ1n) is 15.3. The third-order valence-electron chi connectivity index (χ3n) is 8.85. The summed E-state index contributed by atoms with van der Waals surface area (Å²) in [6.07, 6.45) is 7.22. The summed E-state index contributed by atoms with van der Waals surface area (Å²) in [5.41, 5.74) is 5.09. The van der Waals surface area contributed by atoms with Crippen LogP contribution in [0, 0.1) is 0 Å². The molecule has 0 fully saturated rings. The van der Waals surface area contributed by atoms with Crippen molar-refractivity contribution >= 4 is 65.4 Å².